The molecule has 0 saturated heterocycles. The van der Waals surface area contributed by atoms with Crippen LogP contribution in [-0.4, -0.2) is 21.8 Å². The van der Waals surface area contributed by atoms with E-state index in [0.29, 0.717) is 12.0 Å². The van der Waals surface area contributed by atoms with Crippen molar-refractivity contribution in [2.24, 2.45) is 0 Å². The fraction of sp³-hybridized carbons (Fsp3) is 0.708. The molecular weight excluding hydrogens is 407 g/mol. The van der Waals surface area contributed by atoms with Crippen LogP contribution < -0.4 is 0 Å². The lowest BCUT2D eigenvalue weighted by Crippen LogP contribution is -2.10. The molecular formula is C24H36F3NO3. The van der Waals surface area contributed by atoms with E-state index in [0.717, 1.165) is 57.2 Å². The van der Waals surface area contributed by atoms with Crippen LogP contribution in [0, 0.1) is 0 Å². The summed E-state index contributed by atoms with van der Waals surface area (Å²) in [6.07, 6.45) is 11.6. The quantitative estimate of drug-likeness (QED) is 0.245. The maximum absolute atomic E-state index is 12.7. The van der Waals surface area contributed by atoms with Crippen LogP contribution >= 0.6 is 0 Å². The molecule has 1 rings (SSSR count). The molecule has 0 unspecified atom stereocenters. The first kappa shape index (κ1) is 27.1. The molecule has 176 valence electrons. The molecule has 0 spiro atoms. The lowest BCUT2D eigenvalue weighted by Gasteiger charge is -2.07. The summed E-state index contributed by atoms with van der Waals surface area (Å²) in [7, 11) is 0. The lowest BCUT2D eigenvalue weighted by molar-refractivity contribution is -0.141. The van der Waals surface area contributed by atoms with Gasteiger partial charge in [0.2, 0.25) is 0 Å². The second-order valence-electron chi connectivity index (χ2n) is 8.25. The van der Waals surface area contributed by atoms with Gasteiger partial charge in [-0.05, 0) is 30.5 Å². The SMILES string of the molecule is O=C(O)CCCCCCCCCCCCCCCC(=O)Cc1ccnc(C(F)(F)F)c1. The van der Waals surface area contributed by atoms with E-state index in [1.54, 1.807) is 0 Å². The van der Waals surface area contributed by atoms with Crippen molar-refractivity contribution >= 4 is 11.8 Å². The summed E-state index contributed by atoms with van der Waals surface area (Å²) in [6.45, 7) is 0. The van der Waals surface area contributed by atoms with Crippen LogP contribution in [0.25, 0.3) is 0 Å². The maximum atomic E-state index is 12.7. The van der Waals surface area contributed by atoms with Crippen molar-refractivity contribution in [2.45, 2.75) is 109 Å². The number of carboxylic acids is 1. The Morgan fingerprint density at radius 3 is 1.68 bits per heavy atom. The summed E-state index contributed by atoms with van der Waals surface area (Å²) in [6, 6.07) is 2.42. The molecule has 0 atom stereocenters. The smallest absolute Gasteiger partial charge is 0.433 e. The van der Waals surface area contributed by atoms with Gasteiger partial charge < -0.3 is 5.11 Å². The first-order valence-electron chi connectivity index (χ1n) is 11.5. The predicted molar refractivity (Wildman–Crippen MR) is 115 cm³/mol. The first-order chi connectivity index (χ1) is 14.8. The zero-order valence-electron chi connectivity index (χ0n) is 18.4. The average Bonchev–Trinajstić information content (AvgIpc) is 2.70. The molecule has 0 fully saturated rings. The van der Waals surface area contributed by atoms with E-state index in [-0.39, 0.29) is 18.6 Å². The molecule has 1 aromatic heterocycles. The van der Waals surface area contributed by atoms with E-state index in [9.17, 15) is 22.8 Å². The molecule has 4 nitrogen and oxygen atoms in total. The van der Waals surface area contributed by atoms with E-state index in [2.05, 4.69) is 4.98 Å². The summed E-state index contributed by atoms with van der Waals surface area (Å²) in [4.78, 5) is 25.7. The van der Waals surface area contributed by atoms with Gasteiger partial charge in [-0.1, -0.05) is 70.6 Å². The Morgan fingerprint density at radius 1 is 0.774 bits per heavy atom. The summed E-state index contributed by atoms with van der Waals surface area (Å²) < 4.78 is 38.0. The van der Waals surface area contributed by atoms with Gasteiger partial charge in [-0.15, -0.1) is 0 Å². The number of aliphatic carboxylic acids is 1. The number of hydrogen-bond donors (Lipinski definition) is 1. The van der Waals surface area contributed by atoms with Gasteiger partial charge in [0.25, 0.3) is 0 Å². The first-order valence-corrected chi connectivity index (χ1v) is 11.5. The lowest BCUT2D eigenvalue weighted by atomic mass is 10.0. The maximum Gasteiger partial charge on any atom is 0.433 e. The number of carbonyl (C=O) groups excluding carboxylic acids is 1. The highest BCUT2D eigenvalue weighted by Crippen LogP contribution is 2.27. The van der Waals surface area contributed by atoms with Gasteiger partial charge in [-0.2, -0.15) is 13.2 Å². The number of Topliss-reactive ketones (excluding diaryl/α,β-unsaturated/α-hetero) is 1. The fourth-order valence-electron chi connectivity index (χ4n) is 3.60. The standard InChI is InChI=1S/C24H36F3NO3/c25-24(26,27)22-19-20(16-17-28-22)18-21(29)14-12-10-8-6-4-2-1-3-5-7-9-11-13-15-23(30)31/h16-17,19H,1-15,18H2,(H,30,31). The summed E-state index contributed by atoms with van der Waals surface area (Å²) in [5.74, 6) is -0.734. The van der Waals surface area contributed by atoms with E-state index >= 15 is 0 Å². The number of carbonyl (C=O) groups is 2. The Bertz CT molecular complexity index is 647. The third-order valence-corrected chi connectivity index (χ3v) is 5.36. The number of halogens is 3. The molecule has 0 radical (unpaired) electrons. The van der Waals surface area contributed by atoms with Crippen molar-refractivity contribution in [3.63, 3.8) is 0 Å². The van der Waals surface area contributed by atoms with Gasteiger partial charge in [-0.3, -0.25) is 14.6 Å². The largest absolute Gasteiger partial charge is 0.481 e. The minimum absolute atomic E-state index is 0.0257. The summed E-state index contributed by atoms with van der Waals surface area (Å²) >= 11 is 0. The highest BCUT2D eigenvalue weighted by atomic mass is 19.4. The van der Waals surface area contributed by atoms with Crippen molar-refractivity contribution in [3.05, 3.63) is 29.6 Å². The van der Waals surface area contributed by atoms with Crippen molar-refractivity contribution in [1.29, 1.82) is 0 Å². The predicted octanol–water partition coefficient (Wildman–Crippen LogP) is 7.15. The van der Waals surface area contributed by atoms with Gasteiger partial charge in [0.1, 0.15) is 11.5 Å². The number of alkyl halides is 3. The van der Waals surface area contributed by atoms with Gasteiger partial charge in [0, 0.05) is 25.5 Å². The molecule has 7 heteroatoms. The number of aromatic nitrogens is 1. The molecule has 1 aromatic rings. The van der Waals surface area contributed by atoms with Crippen LogP contribution in [-0.2, 0) is 22.2 Å². The molecule has 0 saturated carbocycles. The fourth-order valence-corrected chi connectivity index (χ4v) is 3.60. The third-order valence-electron chi connectivity index (χ3n) is 5.36. The van der Waals surface area contributed by atoms with Crippen molar-refractivity contribution < 1.29 is 27.9 Å². The normalized spacial score (nSPS) is 11.6. The van der Waals surface area contributed by atoms with E-state index in [1.807, 2.05) is 0 Å². The molecule has 31 heavy (non-hydrogen) atoms. The van der Waals surface area contributed by atoms with Crippen LogP contribution in [0.2, 0.25) is 0 Å². The molecule has 1 heterocycles. The Kier molecular flexibility index (Phi) is 13.8. The summed E-state index contributed by atoms with van der Waals surface area (Å²) in [5.41, 5.74) is -0.582. The molecule has 0 aliphatic carbocycles. The van der Waals surface area contributed by atoms with E-state index in [1.165, 1.54) is 44.6 Å². The van der Waals surface area contributed by atoms with Crippen molar-refractivity contribution in [1.82, 2.24) is 4.98 Å². The average molecular weight is 444 g/mol. The zero-order valence-corrected chi connectivity index (χ0v) is 18.4. The van der Waals surface area contributed by atoms with Crippen molar-refractivity contribution in [3.8, 4) is 0 Å². The third kappa shape index (κ3) is 14.7. The topological polar surface area (TPSA) is 67.3 Å². The van der Waals surface area contributed by atoms with Crippen LogP contribution in [0.3, 0.4) is 0 Å². The van der Waals surface area contributed by atoms with E-state index < -0.39 is 17.8 Å². The molecule has 0 aliphatic rings. The Balaban J connectivity index is 1.93. The highest BCUT2D eigenvalue weighted by Gasteiger charge is 2.32. The minimum Gasteiger partial charge on any atom is -0.481 e. The summed E-state index contributed by atoms with van der Waals surface area (Å²) in [5, 5.41) is 8.57. The molecule has 0 aromatic carbocycles. The Morgan fingerprint density at radius 2 is 1.23 bits per heavy atom. The van der Waals surface area contributed by atoms with E-state index in [4.69, 9.17) is 5.11 Å². The van der Waals surface area contributed by atoms with Gasteiger partial charge in [0.05, 0.1) is 0 Å². The number of ketones is 1. The monoisotopic (exact) mass is 443 g/mol. The second kappa shape index (κ2) is 15.8. The van der Waals surface area contributed by atoms with Crippen LogP contribution in [0.15, 0.2) is 18.3 Å². The zero-order chi connectivity index (χ0) is 23.0. The number of pyridine rings is 1. The Hall–Kier alpha value is -1.92. The minimum atomic E-state index is -4.48. The van der Waals surface area contributed by atoms with Gasteiger partial charge >= 0.3 is 12.1 Å². The highest BCUT2D eigenvalue weighted by molar-refractivity contribution is 5.80. The second-order valence-corrected chi connectivity index (χ2v) is 8.25. The van der Waals surface area contributed by atoms with Crippen molar-refractivity contribution in [2.75, 3.05) is 0 Å². The van der Waals surface area contributed by atoms with Gasteiger partial charge in [0.15, 0.2) is 0 Å². The number of hydrogen-bond acceptors (Lipinski definition) is 3. The van der Waals surface area contributed by atoms with Gasteiger partial charge in [-0.25, -0.2) is 0 Å². The molecule has 0 amide bonds. The molecule has 0 bridgehead atoms. The number of carboxylic acid groups (broad SMARTS) is 1. The molecule has 1 N–H and O–H groups in total. The van der Waals surface area contributed by atoms with Crippen LogP contribution in [0.1, 0.15) is 108 Å². The molecule has 0 aliphatic heterocycles. The van der Waals surface area contributed by atoms with Crippen LogP contribution in [0.4, 0.5) is 13.2 Å². The number of nitrogens with zero attached hydrogens (tertiary/aromatic N) is 1. The number of unbranched alkanes of at least 4 members (excludes halogenated alkanes) is 12. The van der Waals surface area contributed by atoms with Crippen LogP contribution in [0.5, 0.6) is 0 Å². The Labute approximate surface area is 183 Å². The number of rotatable bonds is 18.